The highest BCUT2D eigenvalue weighted by Gasteiger charge is 2.40. The first-order valence-electron chi connectivity index (χ1n) is 3.41. The Balaban J connectivity index is 2.63. The molecule has 5 atom stereocenters. The lowest BCUT2D eigenvalue weighted by Crippen LogP contribution is -2.52. The van der Waals surface area contributed by atoms with Crippen molar-refractivity contribution in [2.75, 3.05) is 0 Å². The first-order valence-corrected chi connectivity index (χ1v) is 4.36. The van der Waals surface area contributed by atoms with Crippen LogP contribution in [0.3, 0.4) is 0 Å². The molecular formula is C6H12O4S. The highest BCUT2D eigenvalue weighted by molar-refractivity contribution is 8.00. The molecule has 0 bridgehead atoms. The van der Waals surface area contributed by atoms with Gasteiger partial charge in [0.05, 0.1) is 6.10 Å². The van der Waals surface area contributed by atoms with Crippen molar-refractivity contribution in [1.82, 2.24) is 0 Å². The van der Waals surface area contributed by atoms with Gasteiger partial charge in [0.25, 0.3) is 0 Å². The minimum absolute atomic E-state index is 0.247. The van der Waals surface area contributed by atoms with Crippen molar-refractivity contribution in [3.05, 3.63) is 0 Å². The van der Waals surface area contributed by atoms with Crippen LogP contribution < -0.4 is 0 Å². The van der Waals surface area contributed by atoms with E-state index in [2.05, 4.69) is 0 Å². The summed E-state index contributed by atoms with van der Waals surface area (Å²) < 4.78 is 0. The molecule has 1 aliphatic heterocycles. The van der Waals surface area contributed by atoms with E-state index in [1.54, 1.807) is 6.92 Å². The third-order valence-electron chi connectivity index (χ3n) is 1.83. The topological polar surface area (TPSA) is 80.9 Å². The van der Waals surface area contributed by atoms with E-state index >= 15 is 0 Å². The van der Waals surface area contributed by atoms with E-state index in [0.29, 0.717) is 0 Å². The van der Waals surface area contributed by atoms with E-state index < -0.39 is 23.7 Å². The van der Waals surface area contributed by atoms with Gasteiger partial charge in [-0.2, -0.15) is 0 Å². The molecule has 0 aromatic carbocycles. The summed E-state index contributed by atoms with van der Waals surface area (Å²) in [5, 5.41) is 36.2. The minimum Gasteiger partial charge on any atom is -0.389 e. The summed E-state index contributed by atoms with van der Waals surface area (Å²) >= 11 is 1.06. The molecule has 1 saturated heterocycles. The number of rotatable bonds is 0. The molecule has 0 aliphatic carbocycles. The maximum absolute atomic E-state index is 9.19. The molecule has 1 rings (SSSR count). The molecular weight excluding hydrogens is 168 g/mol. The first-order chi connectivity index (χ1) is 5.04. The molecule has 4 nitrogen and oxygen atoms in total. The van der Waals surface area contributed by atoms with Crippen LogP contribution in [0, 0.1) is 0 Å². The predicted octanol–water partition coefficient (Wildman–Crippen LogP) is -1.48. The lowest BCUT2D eigenvalue weighted by molar-refractivity contribution is -0.0909. The van der Waals surface area contributed by atoms with E-state index in [0.717, 1.165) is 11.8 Å². The summed E-state index contributed by atoms with van der Waals surface area (Å²) in [6, 6.07) is 0. The molecule has 5 heteroatoms. The molecule has 11 heavy (non-hydrogen) atoms. The maximum atomic E-state index is 9.19. The summed E-state index contributed by atoms with van der Waals surface area (Å²) in [6.45, 7) is 1.69. The van der Waals surface area contributed by atoms with Crippen molar-refractivity contribution < 1.29 is 20.4 Å². The molecule has 1 heterocycles. The Morgan fingerprint density at radius 3 is 2.00 bits per heavy atom. The Bertz CT molecular complexity index is 129. The Morgan fingerprint density at radius 1 is 0.909 bits per heavy atom. The van der Waals surface area contributed by atoms with E-state index in [9.17, 15) is 5.11 Å². The van der Waals surface area contributed by atoms with Crippen LogP contribution in [0.25, 0.3) is 0 Å². The van der Waals surface area contributed by atoms with Gasteiger partial charge in [-0.1, -0.05) is 6.92 Å². The van der Waals surface area contributed by atoms with Crippen molar-refractivity contribution in [2.24, 2.45) is 0 Å². The van der Waals surface area contributed by atoms with Crippen molar-refractivity contribution in [3.63, 3.8) is 0 Å². The Labute approximate surface area is 68.9 Å². The number of hydrogen-bond acceptors (Lipinski definition) is 5. The molecule has 0 amide bonds. The fourth-order valence-corrected chi connectivity index (χ4v) is 2.11. The highest BCUT2D eigenvalue weighted by atomic mass is 32.2. The largest absolute Gasteiger partial charge is 0.389 e. The van der Waals surface area contributed by atoms with Gasteiger partial charge in [0, 0.05) is 5.25 Å². The third-order valence-corrected chi connectivity index (χ3v) is 3.09. The second-order valence-electron chi connectivity index (χ2n) is 2.70. The Kier molecular flexibility index (Phi) is 2.77. The second-order valence-corrected chi connectivity index (χ2v) is 4.20. The average molecular weight is 180 g/mol. The van der Waals surface area contributed by atoms with Crippen LogP contribution in [0.4, 0.5) is 0 Å². The van der Waals surface area contributed by atoms with E-state index in [1.807, 2.05) is 0 Å². The highest BCUT2D eigenvalue weighted by Crippen LogP contribution is 2.30. The number of thioether (sulfide) groups is 1. The van der Waals surface area contributed by atoms with Gasteiger partial charge in [0.15, 0.2) is 0 Å². The maximum Gasteiger partial charge on any atom is 0.128 e. The SMILES string of the molecule is C[C@@H]1S[C@@H](O)[C@@H](O)[C@H](O)[C@@H]1O. The van der Waals surface area contributed by atoms with Crippen LogP contribution in [0.2, 0.25) is 0 Å². The zero-order chi connectivity index (χ0) is 8.59. The van der Waals surface area contributed by atoms with Gasteiger partial charge < -0.3 is 20.4 Å². The Morgan fingerprint density at radius 2 is 1.45 bits per heavy atom. The van der Waals surface area contributed by atoms with E-state index in [4.69, 9.17) is 15.3 Å². The minimum atomic E-state index is -1.24. The third kappa shape index (κ3) is 1.68. The van der Waals surface area contributed by atoms with Gasteiger partial charge in [-0.25, -0.2) is 0 Å². The summed E-state index contributed by atoms with van der Waals surface area (Å²) in [4.78, 5) is 0. The quantitative estimate of drug-likeness (QED) is 0.366. The monoisotopic (exact) mass is 180 g/mol. The molecule has 1 aliphatic rings. The number of aliphatic hydroxyl groups excluding tert-OH is 4. The molecule has 0 aromatic rings. The first kappa shape index (κ1) is 9.28. The van der Waals surface area contributed by atoms with E-state index in [-0.39, 0.29) is 5.25 Å². The lowest BCUT2D eigenvalue weighted by atomic mass is 10.1. The van der Waals surface area contributed by atoms with Crippen LogP contribution >= 0.6 is 11.8 Å². The van der Waals surface area contributed by atoms with Crippen molar-refractivity contribution >= 4 is 11.8 Å². The average Bonchev–Trinajstić information content (AvgIpc) is 1.97. The smallest absolute Gasteiger partial charge is 0.128 e. The van der Waals surface area contributed by atoms with Crippen molar-refractivity contribution in [1.29, 1.82) is 0 Å². The van der Waals surface area contributed by atoms with Crippen LogP contribution in [-0.4, -0.2) is 49.4 Å². The number of aliphatic hydroxyl groups is 4. The molecule has 0 unspecified atom stereocenters. The lowest BCUT2D eigenvalue weighted by Gasteiger charge is -2.35. The summed E-state index contributed by atoms with van der Waals surface area (Å²) in [7, 11) is 0. The number of hydrogen-bond donors (Lipinski definition) is 4. The summed E-state index contributed by atoms with van der Waals surface area (Å²) in [6.07, 6.45) is -3.44. The van der Waals surface area contributed by atoms with Crippen molar-refractivity contribution in [3.8, 4) is 0 Å². The molecule has 4 N–H and O–H groups in total. The Hall–Kier alpha value is 0.190. The van der Waals surface area contributed by atoms with Crippen LogP contribution in [0.15, 0.2) is 0 Å². The van der Waals surface area contributed by atoms with Crippen molar-refractivity contribution in [2.45, 2.75) is 35.9 Å². The zero-order valence-corrected chi connectivity index (χ0v) is 6.90. The van der Waals surface area contributed by atoms with Gasteiger partial charge in [-0.15, -0.1) is 11.8 Å². The van der Waals surface area contributed by atoms with Gasteiger partial charge in [-0.3, -0.25) is 0 Å². The predicted molar refractivity (Wildman–Crippen MR) is 41.1 cm³/mol. The summed E-state index contributed by atoms with van der Waals surface area (Å²) in [5.41, 5.74) is -0.997. The molecule has 66 valence electrons. The zero-order valence-electron chi connectivity index (χ0n) is 6.08. The summed E-state index contributed by atoms with van der Waals surface area (Å²) in [5.74, 6) is 0. The fourth-order valence-electron chi connectivity index (χ4n) is 1.03. The molecule has 0 saturated carbocycles. The molecule has 0 aromatic heterocycles. The van der Waals surface area contributed by atoms with Gasteiger partial charge in [-0.05, 0) is 0 Å². The standard InChI is InChI=1S/C6H12O4S/c1-2-3(7)4(8)5(9)6(10)11-2/h2-10H,1H3/t2-,3+,4+,5-,6+/m0/s1. The molecule has 1 fully saturated rings. The molecule has 0 spiro atoms. The van der Waals surface area contributed by atoms with Crippen LogP contribution in [-0.2, 0) is 0 Å². The molecule has 0 radical (unpaired) electrons. The van der Waals surface area contributed by atoms with E-state index in [1.165, 1.54) is 0 Å². The van der Waals surface area contributed by atoms with Crippen LogP contribution in [0.1, 0.15) is 6.92 Å². The van der Waals surface area contributed by atoms with Crippen LogP contribution in [0.5, 0.6) is 0 Å². The van der Waals surface area contributed by atoms with Gasteiger partial charge in [0.2, 0.25) is 0 Å². The van der Waals surface area contributed by atoms with Gasteiger partial charge in [0.1, 0.15) is 17.6 Å². The second kappa shape index (κ2) is 3.28. The normalized spacial score (nSPS) is 52.6. The van der Waals surface area contributed by atoms with Gasteiger partial charge >= 0.3 is 0 Å². The fraction of sp³-hybridized carbons (Fsp3) is 1.00.